The fourth-order valence-electron chi connectivity index (χ4n) is 0.829. The molecule has 74 valence electrons. The van der Waals surface area contributed by atoms with Gasteiger partial charge >= 0.3 is 5.97 Å². The number of ether oxygens (including phenoxy) is 1. The lowest BCUT2D eigenvalue weighted by Gasteiger charge is -1.91. The molecule has 0 atom stereocenters. The summed E-state index contributed by atoms with van der Waals surface area (Å²) < 4.78 is 4.53. The zero-order valence-electron chi connectivity index (χ0n) is 7.52. The molecular formula is C9H9NO3S. The standard InChI is InChI=1S/C9H9NO3S/c1-13-9(12)6-4-7(14-5-6)2-3-8(10)11/h2-5H,1H3,(H2,10,11)/b3-2-. The number of rotatable bonds is 3. The van der Waals surface area contributed by atoms with Gasteiger partial charge in [0, 0.05) is 16.3 Å². The molecule has 0 aromatic carbocycles. The SMILES string of the molecule is COC(=O)c1csc(/C=C\C(N)=O)c1. The van der Waals surface area contributed by atoms with Crippen LogP contribution in [0.15, 0.2) is 17.5 Å². The van der Waals surface area contributed by atoms with E-state index in [4.69, 9.17) is 5.73 Å². The number of thiophene rings is 1. The number of amides is 1. The van der Waals surface area contributed by atoms with E-state index >= 15 is 0 Å². The number of esters is 1. The predicted octanol–water partition coefficient (Wildman–Crippen LogP) is 1.03. The van der Waals surface area contributed by atoms with Crippen LogP contribution in [0, 0.1) is 0 Å². The molecule has 0 radical (unpaired) electrons. The van der Waals surface area contributed by atoms with Crippen molar-refractivity contribution < 1.29 is 14.3 Å². The number of methoxy groups -OCH3 is 1. The highest BCUT2D eigenvalue weighted by molar-refractivity contribution is 7.11. The third kappa shape index (κ3) is 2.70. The van der Waals surface area contributed by atoms with Crippen molar-refractivity contribution in [3.63, 3.8) is 0 Å². The van der Waals surface area contributed by atoms with E-state index in [0.29, 0.717) is 5.56 Å². The quantitative estimate of drug-likeness (QED) is 0.599. The van der Waals surface area contributed by atoms with Crippen LogP contribution >= 0.6 is 11.3 Å². The van der Waals surface area contributed by atoms with Gasteiger partial charge in [-0.1, -0.05) is 0 Å². The van der Waals surface area contributed by atoms with Crippen molar-refractivity contribution in [1.82, 2.24) is 0 Å². The van der Waals surface area contributed by atoms with Crippen LogP contribution in [0.4, 0.5) is 0 Å². The molecule has 0 saturated carbocycles. The number of carbonyl (C=O) groups excluding carboxylic acids is 2. The van der Waals surface area contributed by atoms with Crippen LogP contribution < -0.4 is 5.73 Å². The maximum atomic E-state index is 11.0. The third-order valence-corrected chi connectivity index (χ3v) is 2.35. The number of primary amides is 1. The molecule has 0 bridgehead atoms. The van der Waals surface area contributed by atoms with Gasteiger partial charge in [0.1, 0.15) is 0 Å². The fraction of sp³-hybridized carbons (Fsp3) is 0.111. The average Bonchev–Trinajstić information content (AvgIpc) is 2.62. The Morgan fingerprint density at radius 2 is 2.29 bits per heavy atom. The van der Waals surface area contributed by atoms with E-state index < -0.39 is 5.91 Å². The topological polar surface area (TPSA) is 69.4 Å². The summed E-state index contributed by atoms with van der Waals surface area (Å²) in [7, 11) is 1.32. The first-order chi connectivity index (χ1) is 6.63. The first kappa shape index (κ1) is 10.5. The molecule has 14 heavy (non-hydrogen) atoms. The minimum atomic E-state index is -0.516. The molecule has 1 rings (SSSR count). The molecule has 1 heterocycles. The van der Waals surface area contributed by atoms with Crippen molar-refractivity contribution in [1.29, 1.82) is 0 Å². The van der Waals surface area contributed by atoms with Crippen molar-refractivity contribution >= 4 is 29.3 Å². The number of hydrogen-bond acceptors (Lipinski definition) is 4. The molecule has 1 amide bonds. The Balaban J connectivity index is 2.78. The first-order valence-corrected chi connectivity index (χ1v) is 4.66. The Morgan fingerprint density at radius 3 is 2.86 bits per heavy atom. The monoisotopic (exact) mass is 211 g/mol. The molecule has 4 nitrogen and oxygen atoms in total. The normalized spacial score (nSPS) is 10.4. The highest BCUT2D eigenvalue weighted by atomic mass is 32.1. The Hall–Kier alpha value is -1.62. The third-order valence-electron chi connectivity index (χ3n) is 1.45. The maximum Gasteiger partial charge on any atom is 0.338 e. The molecule has 1 aromatic rings. The molecule has 2 N–H and O–H groups in total. The van der Waals surface area contributed by atoms with Crippen molar-refractivity contribution in [2.75, 3.05) is 7.11 Å². The van der Waals surface area contributed by atoms with Crippen molar-refractivity contribution in [2.45, 2.75) is 0 Å². The van der Waals surface area contributed by atoms with E-state index in [1.807, 2.05) is 0 Å². The summed E-state index contributed by atoms with van der Waals surface area (Å²) in [4.78, 5) is 22.2. The Bertz CT molecular complexity index is 381. The van der Waals surface area contributed by atoms with Gasteiger partial charge in [-0.15, -0.1) is 11.3 Å². The van der Waals surface area contributed by atoms with Gasteiger partial charge in [-0.2, -0.15) is 0 Å². The van der Waals surface area contributed by atoms with Crippen LogP contribution in [-0.4, -0.2) is 19.0 Å². The average molecular weight is 211 g/mol. The van der Waals surface area contributed by atoms with Crippen LogP contribution in [0.2, 0.25) is 0 Å². The van der Waals surface area contributed by atoms with Crippen LogP contribution in [0.3, 0.4) is 0 Å². The molecule has 0 aliphatic rings. The van der Waals surface area contributed by atoms with Gasteiger partial charge in [-0.25, -0.2) is 4.79 Å². The molecule has 5 heteroatoms. The van der Waals surface area contributed by atoms with Gasteiger partial charge in [0.25, 0.3) is 0 Å². The fourth-order valence-corrected chi connectivity index (χ4v) is 1.60. The smallest absolute Gasteiger partial charge is 0.338 e. The number of nitrogens with two attached hydrogens (primary N) is 1. The van der Waals surface area contributed by atoms with E-state index in [-0.39, 0.29) is 5.97 Å². The maximum absolute atomic E-state index is 11.0. The van der Waals surface area contributed by atoms with E-state index in [9.17, 15) is 9.59 Å². The van der Waals surface area contributed by atoms with Crippen LogP contribution in [0.5, 0.6) is 0 Å². The van der Waals surface area contributed by atoms with E-state index in [2.05, 4.69) is 4.74 Å². The van der Waals surface area contributed by atoms with Gasteiger partial charge in [0.2, 0.25) is 5.91 Å². The van der Waals surface area contributed by atoms with E-state index in [1.165, 1.54) is 24.5 Å². The lowest BCUT2D eigenvalue weighted by Crippen LogP contribution is -2.04. The molecule has 1 aromatic heterocycles. The minimum Gasteiger partial charge on any atom is -0.465 e. The molecular weight excluding hydrogens is 202 g/mol. The molecule has 0 aliphatic heterocycles. The summed E-state index contributed by atoms with van der Waals surface area (Å²) in [6.07, 6.45) is 2.80. The van der Waals surface area contributed by atoms with Gasteiger partial charge in [-0.05, 0) is 12.1 Å². The van der Waals surface area contributed by atoms with Crippen LogP contribution in [0.1, 0.15) is 15.2 Å². The highest BCUT2D eigenvalue weighted by Gasteiger charge is 2.06. The number of hydrogen-bond donors (Lipinski definition) is 1. The Labute approximate surface area is 85.0 Å². The molecule has 0 saturated heterocycles. The van der Waals surface area contributed by atoms with Gasteiger partial charge in [-0.3, -0.25) is 4.79 Å². The minimum absolute atomic E-state index is 0.389. The highest BCUT2D eigenvalue weighted by Crippen LogP contribution is 2.16. The molecule has 0 unspecified atom stereocenters. The lowest BCUT2D eigenvalue weighted by molar-refractivity contribution is -0.113. The summed E-state index contributed by atoms with van der Waals surface area (Å²) in [6.45, 7) is 0. The second kappa shape index (κ2) is 4.57. The van der Waals surface area contributed by atoms with E-state index in [0.717, 1.165) is 4.88 Å². The van der Waals surface area contributed by atoms with Crippen molar-refractivity contribution in [3.05, 3.63) is 28.0 Å². The summed E-state index contributed by atoms with van der Waals surface area (Å²) in [5, 5.41) is 1.66. The van der Waals surface area contributed by atoms with Crippen molar-refractivity contribution in [2.24, 2.45) is 5.73 Å². The van der Waals surface area contributed by atoms with Crippen LogP contribution in [-0.2, 0) is 9.53 Å². The van der Waals surface area contributed by atoms with Crippen molar-refractivity contribution in [3.8, 4) is 0 Å². The van der Waals surface area contributed by atoms with Gasteiger partial charge in [0.05, 0.1) is 12.7 Å². The zero-order valence-corrected chi connectivity index (χ0v) is 8.34. The first-order valence-electron chi connectivity index (χ1n) is 3.78. The lowest BCUT2D eigenvalue weighted by atomic mass is 10.3. The second-order valence-electron chi connectivity index (χ2n) is 2.47. The number of carbonyl (C=O) groups is 2. The molecule has 0 fully saturated rings. The Kier molecular flexibility index (Phi) is 3.41. The van der Waals surface area contributed by atoms with E-state index in [1.54, 1.807) is 17.5 Å². The van der Waals surface area contributed by atoms with Gasteiger partial charge in [0.15, 0.2) is 0 Å². The largest absolute Gasteiger partial charge is 0.465 e. The second-order valence-corrected chi connectivity index (χ2v) is 3.41. The molecule has 0 aliphatic carbocycles. The summed E-state index contributed by atoms with van der Waals surface area (Å²) in [5.74, 6) is -0.905. The molecule has 0 spiro atoms. The summed E-state index contributed by atoms with van der Waals surface area (Å²) in [6, 6.07) is 1.63. The Morgan fingerprint density at radius 1 is 1.57 bits per heavy atom. The predicted molar refractivity (Wildman–Crippen MR) is 53.9 cm³/mol. The van der Waals surface area contributed by atoms with Gasteiger partial charge < -0.3 is 10.5 Å². The zero-order chi connectivity index (χ0) is 10.6. The van der Waals surface area contributed by atoms with Crippen LogP contribution in [0.25, 0.3) is 6.08 Å². The summed E-state index contributed by atoms with van der Waals surface area (Å²) >= 11 is 1.34. The summed E-state index contributed by atoms with van der Waals surface area (Å²) in [5.41, 5.74) is 5.39.